The second-order valence-electron chi connectivity index (χ2n) is 6.05. The lowest BCUT2D eigenvalue weighted by atomic mass is 10.2. The number of nitro groups is 1. The van der Waals surface area contributed by atoms with E-state index in [1.165, 1.54) is 30.5 Å². The van der Waals surface area contributed by atoms with Crippen LogP contribution in [-0.2, 0) is 0 Å². The van der Waals surface area contributed by atoms with Gasteiger partial charge in [0, 0.05) is 12.1 Å². The molecule has 0 atom stereocenters. The van der Waals surface area contributed by atoms with Gasteiger partial charge in [-0.15, -0.1) is 0 Å². The van der Waals surface area contributed by atoms with Gasteiger partial charge in [0.2, 0.25) is 0 Å². The highest BCUT2D eigenvalue weighted by atomic mass is 16.6. The molecular weight excluding hydrogens is 386 g/mol. The standard InChI is InChI=1S/C22H19N3O5/c26-22(24-23-16-17-10-12-18(13-11-17)25(27)28)20-8-4-5-9-21(20)30-15-14-29-19-6-2-1-3-7-19/h1-13,16H,14-15H2,(H,24,26)/b23-16-. The fraction of sp³-hybridized carbons (Fsp3) is 0.0909. The highest BCUT2D eigenvalue weighted by molar-refractivity contribution is 5.97. The summed E-state index contributed by atoms with van der Waals surface area (Å²) in [7, 11) is 0. The molecule has 30 heavy (non-hydrogen) atoms. The predicted octanol–water partition coefficient (Wildman–Crippen LogP) is 3.82. The number of non-ortho nitro benzene ring substituents is 1. The van der Waals surface area contributed by atoms with Crippen molar-refractivity contribution >= 4 is 17.8 Å². The minimum absolute atomic E-state index is 0.0153. The Morgan fingerprint density at radius 1 is 0.933 bits per heavy atom. The molecule has 0 saturated carbocycles. The molecule has 0 spiro atoms. The first kappa shape index (κ1) is 20.5. The lowest BCUT2D eigenvalue weighted by Gasteiger charge is -2.11. The van der Waals surface area contributed by atoms with Gasteiger partial charge < -0.3 is 9.47 Å². The molecule has 8 heteroatoms. The first-order chi connectivity index (χ1) is 14.6. The van der Waals surface area contributed by atoms with Crippen LogP contribution in [0.3, 0.4) is 0 Å². The van der Waals surface area contributed by atoms with E-state index in [1.54, 1.807) is 24.3 Å². The number of ether oxygens (including phenoxy) is 2. The second-order valence-corrected chi connectivity index (χ2v) is 6.05. The lowest BCUT2D eigenvalue weighted by Crippen LogP contribution is -2.19. The van der Waals surface area contributed by atoms with Crippen LogP contribution in [0, 0.1) is 10.1 Å². The molecule has 0 bridgehead atoms. The van der Waals surface area contributed by atoms with E-state index in [-0.39, 0.29) is 12.3 Å². The number of hydrazone groups is 1. The molecule has 0 fully saturated rings. The Labute approximate surface area is 172 Å². The normalized spacial score (nSPS) is 10.5. The van der Waals surface area contributed by atoms with Gasteiger partial charge in [-0.2, -0.15) is 5.10 Å². The number of nitro benzene ring substituents is 1. The van der Waals surface area contributed by atoms with Gasteiger partial charge in [0.25, 0.3) is 11.6 Å². The van der Waals surface area contributed by atoms with Crippen LogP contribution >= 0.6 is 0 Å². The van der Waals surface area contributed by atoms with Crippen molar-refractivity contribution in [1.29, 1.82) is 0 Å². The summed E-state index contributed by atoms with van der Waals surface area (Å²) in [6.07, 6.45) is 1.40. The number of nitrogens with one attached hydrogen (secondary N) is 1. The van der Waals surface area contributed by atoms with Gasteiger partial charge in [-0.05, 0) is 42.0 Å². The number of para-hydroxylation sites is 2. The fourth-order valence-corrected chi connectivity index (χ4v) is 2.52. The van der Waals surface area contributed by atoms with E-state index in [2.05, 4.69) is 10.5 Å². The molecule has 0 saturated heterocycles. The lowest BCUT2D eigenvalue weighted by molar-refractivity contribution is -0.384. The number of carbonyl (C=O) groups is 1. The first-order valence-corrected chi connectivity index (χ1v) is 9.11. The summed E-state index contributed by atoms with van der Waals surface area (Å²) in [6.45, 7) is 0.601. The van der Waals surface area contributed by atoms with Crippen LogP contribution < -0.4 is 14.9 Å². The number of amides is 1. The van der Waals surface area contributed by atoms with E-state index in [0.29, 0.717) is 23.5 Å². The van der Waals surface area contributed by atoms with Gasteiger partial charge >= 0.3 is 0 Å². The Morgan fingerprint density at radius 2 is 1.60 bits per heavy atom. The van der Waals surface area contributed by atoms with Crippen LogP contribution in [0.2, 0.25) is 0 Å². The molecule has 3 aromatic rings. The Kier molecular flexibility index (Phi) is 7.10. The first-order valence-electron chi connectivity index (χ1n) is 9.11. The predicted molar refractivity (Wildman–Crippen MR) is 112 cm³/mol. The number of hydrogen-bond acceptors (Lipinski definition) is 6. The van der Waals surface area contributed by atoms with Crippen LogP contribution in [0.4, 0.5) is 5.69 Å². The van der Waals surface area contributed by atoms with E-state index in [1.807, 2.05) is 30.3 Å². The number of rotatable bonds is 9. The monoisotopic (exact) mass is 405 g/mol. The van der Waals surface area contributed by atoms with Crippen molar-refractivity contribution in [3.05, 3.63) is 100 Å². The van der Waals surface area contributed by atoms with Crippen LogP contribution in [0.25, 0.3) is 0 Å². The van der Waals surface area contributed by atoms with Gasteiger partial charge in [0.1, 0.15) is 24.7 Å². The van der Waals surface area contributed by atoms with Crippen molar-refractivity contribution in [3.8, 4) is 11.5 Å². The van der Waals surface area contributed by atoms with E-state index in [0.717, 1.165) is 5.75 Å². The van der Waals surface area contributed by atoms with Gasteiger partial charge in [0.05, 0.1) is 16.7 Å². The zero-order valence-electron chi connectivity index (χ0n) is 15.9. The topological polar surface area (TPSA) is 103 Å². The number of benzene rings is 3. The number of hydrogen-bond donors (Lipinski definition) is 1. The summed E-state index contributed by atoms with van der Waals surface area (Å²) in [4.78, 5) is 22.6. The molecule has 3 aromatic carbocycles. The quantitative estimate of drug-likeness (QED) is 0.252. The summed E-state index contributed by atoms with van der Waals surface area (Å²) in [5, 5.41) is 14.6. The van der Waals surface area contributed by atoms with E-state index < -0.39 is 10.8 Å². The van der Waals surface area contributed by atoms with Crippen molar-refractivity contribution in [2.75, 3.05) is 13.2 Å². The molecule has 8 nitrogen and oxygen atoms in total. The van der Waals surface area contributed by atoms with Gasteiger partial charge in [0.15, 0.2) is 0 Å². The summed E-state index contributed by atoms with van der Waals surface area (Å²) >= 11 is 0. The molecule has 0 heterocycles. The maximum Gasteiger partial charge on any atom is 0.275 e. The van der Waals surface area contributed by atoms with Crippen molar-refractivity contribution in [3.63, 3.8) is 0 Å². The molecule has 3 rings (SSSR count). The molecule has 1 amide bonds. The van der Waals surface area contributed by atoms with Crippen molar-refractivity contribution in [1.82, 2.24) is 5.43 Å². The average molecular weight is 405 g/mol. The molecule has 0 aliphatic carbocycles. The molecular formula is C22H19N3O5. The van der Waals surface area contributed by atoms with Gasteiger partial charge in [-0.25, -0.2) is 5.43 Å². The van der Waals surface area contributed by atoms with Gasteiger partial charge in [-0.3, -0.25) is 14.9 Å². The Bertz CT molecular complexity index is 1020. The Morgan fingerprint density at radius 3 is 2.33 bits per heavy atom. The molecule has 0 radical (unpaired) electrons. The summed E-state index contributed by atoms with van der Waals surface area (Å²) in [5.41, 5.74) is 3.36. The second kappa shape index (κ2) is 10.4. The van der Waals surface area contributed by atoms with Crippen molar-refractivity contribution in [2.45, 2.75) is 0 Å². The third kappa shape index (κ3) is 5.90. The molecule has 0 aliphatic heterocycles. The average Bonchev–Trinajstić information content (AvgIpc) is 2.78. The zero-order valence-corrected chi connectivity index (χ0v) is 15.9. The number of carbonyl (C=O) groups excluding carboxylic acids is 1. The van der Waals surface area contributed by atoms with Crippen LogP contribution in [0.5, 0.6) is 11.5 Å². The van der Waals surface area contributed by atoms with Crippen LogP contribution in [0.1, 0.15) is 15.9 Å². The molecule has 0 aromatic heterocycles. The smallest absolute Gasteiger partial charge is 0.275 e. The minimum atomic E-state index is -0.482. The molecule has 152 valence electrons. The highest BCUT2D eigenvalue weighted by Crippen LogP contribution is 2.18. The van der Waals surface area contributed by atoms with E-state index in [9.17, 15) is 14.9 Å². The van der Waals surface area contributed by atoms with E-state index >= 15 is 0 Å². The third-order valence-corrected chi connectivity index (χ3v) is 3.97. The van der Waals surface area contributed by atoms with Crippen molar-refractivity contribution < 1.29 is 19.2 Å². The minimum Gasteiger partial charge on any atom is -0.490 e. The fourth-order valence-electron chi connectivity index (χ4n) is 2.52. The van der Waals surface area contributed by atoms with Crippen LogP contribution in [0.15, 0.2) is 84.0 Å². The third-order valence-electron chi connectivity index (χ3n) is 3.97. The molecule has 0 aliphatic rings. The summed E-state index contributed by atoms with van der Waals surface area (Å²) in [5.74, 6) is 0.720. The summed E-state index contributed by atoms with van der Waals surface area (Å²) in [6, 6.07) is 22.0. The number of nitrogens with zero attached hydrogens (tertiary/aromatic N) is 2. The van der Waals surface area contributed by atoms with E-state index in [4.69, 9.17) is 9.47 Å². The Hall–Kier alpha value is -4.20. The Balaban J connectivity index is 1.53. The maximum atomic E-state index is 12.4. The van der Waals surface area contributed by atoms with Crippen LogP contribution in [-0.4, -0.2) is 30.3 Å². The highest BCUT2D eigenvalue weighted by Gasteiger charge is 2.11. The van der Waals surface area contributed by atoms with Crippen molar-refractivity contribution in [2.24, 2.45) is 5.10 Å². The summed E-state index contributed by atoms with van der Waals surface area (Å²) < 4.78 is 11.3. The molecule has 0 unspecified atom stereocenters. The zero-order chi connectivity index (χ0) is 21.2. The molecule has 1 N–H and O–H groups in total. The van der Waals surface area contributed by atoms with Gasteiger partial charge in [-0.1, -0.05) is 30.3 Å². The SMILES string of the molecule is O=C(N/N=C\c1ccc([N+](=O)[O-])cc1)c1ccccc1OCCOc1ccccc1. The largest absolute Gasteiger partial charge is 0.490 e. The maximum absolute atomic E-state index is 12.4.